The van der Waals surface area contributed by atoms with Crippen molar-refractivity contribution in [1.29, 1.82) is 5.53 Å². The predicted octanol–water partition coefficient (Wildman–Crippen LogP) is 3.23. The van der Waals surface area contributed by atoms with Crippen LogP contribution in [0.5, 0.6) is 0 Å². The molecule has 0 atom stereocenters. The molecular weight excluding hydrogens is 167 g/mol. The number of halogens is 1. The monoisotopic (exact) mass is 178 g/mol. The zero-order valence-corrected chi connectivity index (χ0v) is 7.26. The van der Waals surface area contributed by atoms with Crippen molar-refractivity contribution in [1.82, 2.24) is 0 Å². The molecule has 1 fully saturated rings. The number of rotatable bonds is 3. The summed E-state index contributed by atoms with van der Waals surface area (Å²) in [6, 6.07) is 4.99. The number of nitrogens with zero attached hydrogens (tertiary/aromatic N) is 1. The Morgan fingerprint density at radius 1 is 1.38 bits per heavy atom. The molecule has 0 spiro atoms. The summed E-state index contributed by atoms with van der Waals surface area (Å²) in [5.41, 5.74) is 8.58. The molecule has 1 aliphatic carbocycles. The number of benzene rings is 1. The van der Waals surface area contributed by atoms with Crippen LogP contribution in [0.3, 0.4) is 0 Å². The molecule has 0 amide bonds. The topological polar surface area (TPSA) is 36.2 Å². The van der Waals surface area contributed by atoms with Crippen LogP contribution in [-0.2, 0) is 6.54 Å². The molecule has 0 heterocycles. The van der Waals surface area contributed by atoms with Gasteiger partial charge in [-0.3, -0.25) is 0 Å². The molecule has 13 heavy (non-hydrogen) atoms. The fourth-order valence-electron chi connectivity index (χ4n) is 1.51. The highest BCUT2D eigenvalue weighted by Crippen LogP contribution is 2.40. The van der Waals surface area contributed by atoms with E-state index in [-0.39, 0.29) is 12.4 Å². The van der Waals surface area contributed by atoms with Gasteiger partial charge in [0.05, 0.1) is 6.54 Å². The zero-order valence-electron chi connectivity index (χ0n) is 7.26. The van der Waals surface area contributed by atoms with Gasteiger partial charge in [-0.1, -0.05) is 6.07 Å². The Balaban J connectivity index is 2.29. The van der Waals surface area contributed by atoms with Gasteiger partial charge in [0.15, 0.2) is 0 Å². The van der Waals surface area contributed by atoms with E-state index in [1.807, 2.05) is 6.07 Å². The summed E-state index contributed by atoms with van der Waals surface area (Å²) in [7, 11) is 0. The van der Waals surface area contributed by atoms with E-state index >= 15 is 0 Å². The van der Waals surface area contributed by atoms with Crippen LogP contribution in [-0.4, -0.2) is 0 Å². The van der Waals surface area contributed by atoms with Crippen LogP contribution in [0.15, 0.2) is 23.3 Å². The van der Waals surface area contributed by atoms with E-state index in [2.05, 4.69) is 5.11 Å². The smallest absolute Gasteiger partial charge is 0.123 e. The van der Waals surface area contributed by atoms with E-state index in [4.69, 9.17) is 5.53 Å². The summed E-state index contributed by atoms with van der Waals surface area (Å²) in [5.74, 6) is 0.350. The highest BCUT2D eigenvalue weighted by Gasteiger charge is 2.24. The summed E-state index contributed by atoms with van der Waals surface area (Å²) in [4.78, 5) is 0. The summed E-state index contributed by atoms with van der Waals surface area (Å²) in [6.07, 6.45) is 2.34. The molecule has 1 aliphatic rings. The highest BCUT2D eigenvalue weighted by molar-refractivity contribution is 5.29. The SMILES string of the molecule is N=NCc1cc(F)cc(C2CC2)c1. The minimum Gasteiger partial charge on any atom is -0.210 e. The van der Waals surface area contributed by atoms with Crippen molar-refractivity contribution in [3.8, 4) is 0 Å². The van der Waals surface area contributed by atoms with Gasteiger partial charge in [0, 0.05) is 0 Å². The van der Waals surface area contributed by atoms with Gasteiger partial charge in [0.1, 0.15) is 5.82 Å². The van der Waals surface area contributed by atoms with Gasteiger partial charge in [-0.2, -0.15) is 5.11 Å². The van der Waals surface area contributed by atoms with Gasteiger partial charge in [0.25, 0.3) is 0 Å². The first-order valence-electron chi connectivity index (χ1n) is 4.42. The Kier molecular flexibility index (Phi) is 2.08. The second-order valence-corrected chi connectivity index (χ2v) is 3.48. The predicted molar refractivity (Wildman–Crippen MR) is 47.2 cm³/mol. The Labute approximate surface area is 76.3 Å². The molecule has 1 aromatic carbocycles. The van der Waals surface area contributed by atoms with Crippen molar-refractivity contribution < 1.29 is 4.39 Å². The Hall–Kier alpha value is -1.25. The molecule has 2 nitrogen and oxygen atoms in total. The van der Waals surface area contributed by atoms with Crippen LogP contribution in [0.2, 0.25) is 0 Å². The molecular formula is C10H11FN2. The molecule has 0 aliphatic heterocycles. The third kappa shape index (κ3) is 1.91. The van der Waals surface area contributed by atoms with Crippen LogP contribution in [0, 0.1) is 11.3 Å². The van der Waals surface area contributed by atoms with Crippen molar-refractivity contribution in [2.24, 2.45) is 5.11 Å². The van der Waals surface area contributed by atoms with Gasteiger partial charge >= 0.3 is 0 Å². The maximum absolute atomic E-state index is 13.0. The van der Waals surface area contributed by atoms with Gasteiger partial charge in [0.2, 0.25) is 0 Å². The fraction of sp³-hybridized carbons (Fsp3) is 0.400. The van der Waals surface area contributed by atoms with Gasteiger partial charge in [-0.25, -0.2) is 9.92 Å². The van der Waals surface area contributed by atoms with Gasteiger partial charge < -0.3 is 0 Å². The average molecular weight is 178 g/mol. The fourth-order valence-corrected chi connectivity index (χ4v) is 1.51. The summed E-state index contributed by atoms with van der Waals surface area (Å²) in [6.45, 7) is 0.289. The molecule has 1 saturated carbocycles. The molecule has 1 N–H and O–H groups in total. The maximum Gasteiger partial charge on any atom is 0.123 e. The quantitative estimate of drug-likeness (QED) is 0.690. The van der Waals surface area contributed by atoms with Crippen LogP contribution < -0.4 is 0 Å². The van der Waals surface area contributed by atoms with E-state index in [0.717, 1.165) is 11.1 Å². The van der Waals surface area contributed by atoms with Crippen molar-refractivity contribution in [3.05, 3.63) is 35.1 Å². The molecule has 0 saturated heterocycles. The molecule has 1 aromatic rings. The lowest BCUT2D eigenvalue weighted by atomic mass is 10.1. The Bertz CT molecular complexity index is 332. The Morgan fingerprint density at radius 2 is 2.15 bits per heavy atom. The third-order valence-electron chi connectivity index (χ3n) is 2.29. The van der Waals surface area contributed by atoms with E-state index in [1.165, 1.54) is 18.9 Å². The normalized spacial score (nSPS) is 15.8. The summed E-state index contributed by atoms with van der Waals surface area (Å²) < 4.78 is 13.0. The van der Waals surface area contributed by atoms with Gasteiger partial charge in [-0.05, 0) is 42.0 Å². The molecule has 2 rings (SSSR count). The summed E-state index contributed by atoms with van der Waals surface area (Å²) >= 11 is 0. The third-order valence-corrected chi connectivity index (χ3v) is 2.29. The van der Waals surface area contributed by atoms with Crippen molar-refractivity contribution in [3.63, 3.8) is 0 Å². The highest BCUT2D eigenvalue weighted by atomic mass is 19.1. The van der Waals surface area contributed by atoms with Crippen LogP contribution in [0.4, 0.5) is 4.39 Å². The van der Waals surface area contributed by atoms with Crippen molar-refractivity contribution >= 4 is 0 Å². The molecule has 0 bridgehead atoms. The number of nitrogens with one attached hydrogen (secondary N) is 1. The first-order chi connectivity index (χ1) is 6.29. The van der Waals surface area contributed by atoms with E-state index in [9.17, 15) is 4.39 Å². The molecule has 0 radical (unpaired) electrons. The lowest BCUT2D eigenvalue weighted by Crippen LogP contribution is -1.88. The largest absolute Gasteiger partial charge is 0.210 e. The number of hydrogen-bond acceptors (Lipinski definition) is 2. The maximum atomic E-state index is 13.0. The van der Waals surface area contributed by atoms with E-state index < -0.39 is 0 Å². The molecule has 3 heteroatoms. The zero-order chi connectivity index (χ0) is 9.26. The molecule has 68 valence electrons. The minimum absolute atomic E-state index is 0.206. The average Bonchev–Trinajstić information content (AvgIpc) is 2.85. The lowest BCUT2D eigenvalue weighted by molar-refractivity contribution is 0.622. The van der Waals surface area contributed by atoms with Crippen molar-refractivity contribution in [2.45, 2.75) is 25.3 Å². The van der Waals surface area contributed by atoms with Crippen LogP contribution in [0.1, 0.15) is 29.9 Å². The minimum atomic E-state index is -0.206. The second-order valence-electron chi connectivity index (χ2n) is 3.48. The lowest BCUT2D eigenvalue weighted by Gasteiger charge is -2.01. The molecule has 0 aromatic heterocycles. The first-order valence-corrected chi connectivity index (χ1v) is 4.42. The van der Waals surface area contributed by atoms with Crippen molar-refractivity contribution in [2.75, 3.05) is 0 Å². The summed E-state index contributed by atoms with van der Waals surface area (Å²) in [5, 5.41) is 3.25. The van der Waals surface area contributed by atoms with Crippen LogP contribution >= 0.6 is 0 Å². The standard InChI is InChI=1S/C10H11FN2/c11-10-4-7(6-13-12)3-9(5-10)8-1-2-8/h3-5,8,12H,1-2,6H2. The van der Waals surface area contributed by atoms with E-state index in [0.29, 0.717) is 5.92 Å². The van der Waals surface area contributed by atoms with E-state index in [1.54, 1.807) is 6.07 Å². The Morgan fingerprint density at radius 3 is 2.77 bits per heavy atom. The molecule has 0 unspecified atom stereocenters. The van der Waals surface area contributed by atoms with Crippen LogP contribution in [0.25, 0.3) is 0 Å². The second kappa shape index (κ2) is 3.24. The first kappa shape index (κ1) is 8.35. The number of hydrogen-bond donors (Lipinski definition) is 1. The van der Waals surface area contributed by atoms with Gasteiger partial charge in [-0.15, -0.1) is 0 Å².